The molecule has 1 aromatic rings. The molecule has 7 nitrogen and oxygen atoms in total. The molecule has 7 heteroatoms. The number of piperidine rings is 1. The fraction of sp³-hybridized carbons (Fsp3) is 0.650. The number of rotatable bonds is 8. The van der Waals surface area contributed by atoms with Crippen molar-refractivity contribution < 1.29 is 14.0 Å². The van der Waals surface area contributed by atoms with E-state index in [9.17, 15) is 14.9 Å². The Morgan fingerprint density at radius 3 is 2.59 bits per heavy atom. The zero-order chi connectivity index (χ0) is 19.8. The molecule has 0 aliphatic carbocycles. The molecule has 0 radical (unpaired) electrons. The molecule has 2 heterocycles. The Hall–Kier alpha value is -2.33. The van der Waals surface area contributed by atoms with E-state index in [4.69, 9.17) is 4.42 Å². The predicted molar refractivity (Wildman–Crippen MR) is 103 cm³/mol. The highest BCUT2D eigenvalue weighted by molar-refractivity contribution is 5.92. The van der Waals surface area contributed by atoms with Crippen molar-refractivity contribution in [1.82, 2.24) is 10.2 Å². The van der Waals surface area contributed by atoms with Crippen LogP contribution in [0, 0.1) is 31.1 Å². The number of furan rings is 1. The van der Waals surface area contributed by atoms with Gasteiger partial charge in [-0.1, -0.05) is 19.8 Å². The number of carbonyl (C=O) groups is 2. The van der Waals surface area contributed by atoms with Crippen LogP contribution < -0.4 is 10.6 Å². The smallest absolute Gasteiger partial charge is 0.240 e. The van der Waals surface area contributed by atoms with Gasteiger partial charge in [0.1, 0.15) is 17.4 Å². The van der Waals surface area contributed by atoms with Crippen molar-refractivity contribution in [3.63, 3.8) is 0 Å². The lowest BCUT2D eigenvalue weighted by Crippen LogP contribution is -2.43. The molecule has 0 aromatic carbocycles. The minimum Gasteiger partial charge on any atom is -0.444 e. The Morgan fingerprint density at radius 2 is 1.96 bits per heavy atom. The molecular formula is C20H30N4O3. The largest absolute Gasteiger partial charge is 0.444 e. The molecule has 1 saturated heterocycles. The van der Waals surface area contributed by atoms with Crippen LogP contribution in [0.2, 0.25) is 0 Å². The van der Waals surface area contributed by atoms with Gasteiger partial charge in [-0.2, -0.15) is 5.26 Å². The molecule has 0 saturated carbocycles. The fourth-order valence-corrected chi connectivity index (χ4v) is 3.30. The zero-order valence-electron chi connectivity index (χ0n) is 16.6. The van der Waals surface area contributed by atoms with Gasteiger partial charge in [0.05, 0.1) is 6.54 Å². The third-order valence-corrected chi connectivity index (χ3v) is 5.16. The summed E-state index contributed by atoms with van der Waals surface area (Å²) in [7, 11) is 0. The molecule has 1 fully saturated rings. The van der Waals surface area contributed by atoms with E-state index in [-0.39, 0.29) is 30.2 Å². The number of nitrogens with zero attached hydrogens (tertiary/aromatic N) is 2. The maximum atomic E-state index is 12.3. The van der Waals surface area contributed by atoms with E-state index in [1.54, 1.807) is 13.8 Å². The van der Waals surface area contributed by atoms with Crippen LogP contribution in [0.5, 0.6) is 0 Å². The Kier molecular flexibility index (Phi) is 7.86. The van der Waals surface area contributed by atoms with E-state index >= 15 is 0 Å². The molecule has 0 atom stereocenters. The SMILES string of the molecule is CCCCCNC(=O)C1CCN(CC(=O)Nc2oc(C)c(C)c2C#N)CC1. The Morgan fingerprint density at radius 1 is 1.26 bits per heavy atom. The van der Waals surface area contributed by atoms with Gasteiger partial charge >= 0.3 is 0 Å². The Labute approximate surface area is 161 Å². The highest BCUT2D eigenvalue weighted by Crippen LogP contribution is 2.25. The first-order valence-corrected chi connectivity index (χ1v) is 9.76. The number of hydrogen-bond acceptors (Lipinski definition) is 5. The van der Waals surface area contributed by atoms with Gasteiger partial charge in [-0.05, 0) is 46.2 Å². The molecule has 27 heavy (non-hydrogen) atoms. The first kappa shape index (κ1) is 21.0. The molecule has 148 valence electrons. The first-order chi connectivity index (χ1) is 13.0. The van der Waals surface area contributed by atoms with Crippen LogP contribution in [0.25, 0.3) is 0 Å². The zero-order valence-corrected chi connectivity index (χ0v) is 16.6. The van der Waals surface area contributed by atoms with Gasteiger partial charge in [0, 0.05) is 18.0 Å². The topological polar surface area (TPSA) is 98.4 Å². The van der Waals surface area contributed by atoms with Crippen LogP contribution in [0.4, 0.5) is 5.88 Å². The van der Waals surface area contributed by atoms with Crippen LogP contribution in [0.1, 0.15) is 55.9 Å². The maximum absolute atomic E-state index is 12.3. The molecule has 1 aliphatic rings. The molecule has 0 bridgehead atoms. The van der Waals surface area contributed by atoms with Gasteiger partial charge in [0.15, 0.2) is 0 Å². The molecule has 0 spiro atoms. The number of amides is 2. The minimum absolute atomic E-state index is 0.0338. The number of nitriles is 1. The summed E-state index contributed by atoms with van der Waals surface area (Å²) in [6, 6.07) is 2.07. The summed E-state index contributed by atoms with van der Waals surface area (Å²) in [5.74, 6) is 0.816. The highest BCUT2D eigenvalue weighted by Gasteiger charge is 2.26. The van der Waals surface area contributed by atoms with Crippen LogP contribution >= 0.6 is 0 Å². The maximum Gasteiger partial charge on any atom is 0.240 e. The average molecular weight is 374 g/mol. The lowest BCUT2D eigenvalue weighted by molar-refractivity contribution is -0.126. The molecule has 0 unspecified atom stereocenters. The Bertz CT molecular complexity index is 697. The van der Waals surface area contributed by atoms with Crippen molar-refractivity contribution in [2.75, 3.05) is 31.5 Å². The molecule has 1 aromatic heterocycles. The lowest BCUT2D eigenvalue weighted by atomic mass is 9.96. The van der Waals surface area contributed by atoms with E-state index in [1.165, 1.54) is 0 Å². The summed E-state index contributed by atoms with van der Waals surface area (Å²) in [4.78, 5) is 26.5. The van der Waals surface area contributed by atoms with Crippen LogP contribution in [-0.2, 0) is 9.59 Å². The van der Waals surface area contributed by atoms with Crippen molar-refractivity contribution >= 4 is 17.7 Å². The van der Waals surface area contributed by atoms with Crippen LogP contribution in [0.15, 0.2) is 4.42 Å². The molecular weight excluding hydrogens is 344 g/mol. The van der Waals surface area contributed by atoms with Gasteiger partial charge in [0.25, 0.3) is 0 Å². The van der Waals surface area contributed by atoms with E-state index in [0.717, 1.165) is 44.2 Å². The summed E-state index contributed by atoms with van der Waals surface area (Å²) >= 11 is 0. The summed E-state index contributed by atoms with van der Waals surface area (Å²) in [6.45, 7) is 8.11. The third-order valence-electron chi connectivity index (χ3n) is 5.16. The monoisotopic (exact) mass is 374 g/mol. The van der Waals surface area contributed by atoms with Gasteiger partial charge in [-0.15, -0.1) is 0 Å². The second-order valence-electron chi connectivity index (χ2n) is 7.20. The van der Waals surface area contributed by atoms with Crippen molar-refractivity contribution in [2.24, 2.45) is 5.92 Å². The second kappa shape index (κ2) is 10.1. The molecule has 1 aliphatic heterocycles. The highest BCUT2D eigenvalue weighted by atomic mass is 16.4. The fourth-order valence-electron chi connectivity index (χ4n) is 3.30. The van der Waals surface area contributed by atoms with Crippen molar-refractivity contribution in [3.05, 3.63) is 16.9 Å². The quantitative estimate of drug-likeness (QED) is 0.682. The molecule has 2 amide bonds. The predicted octanol–water partition coefficient (Wildman–Crippen LogP) is 2.73. The number of hydrogen-bond donors (Lipinski definition) is 2. The van der Waals surface area contributed by atoms with Gasteiger partial charge < -0.3 is 9.73 Å². The minimum atomic E-state index is -0.206. The summed E-state index contributed by atoms with van der Waals surface area (Å²) in [5, 5.41) is 14.9. The summed E-state index contributed by atoms with van der Waals surface area (Å²) < 4.78 is 5.47. The Balaban J connectivity index is 1.75. The molecule has 2 rings (SSSR count). The van der Waals surface area contributed by atoms with E-state index in [1.807, 2.05) is 4.90 Å². The number of anilines is 1. The first-order valence-electron chi connectivity index (χ1n) is 9.76. The number of likely N-dealkylation sites (tertiary alicyclic amines) is 1. The molecule has 2 N–H and O–H groups in total. The van der Waals surface area contributed by atoms with Crippen molar-refractivity contribution in [2.45, 2.75) is 52.9 Å². The van der Waals surface area contributed by atoms with Crippen molar-refractivity contribution in [1.29, 1.82) is 5.26 Å². The summed E-state index contributed by atoms with van der Waals surface area (Å²) in [6.07, 6.45) is 4.82. The van der Waals surface area contributed by atoms with Crippen LogP contribution in [0.3, 0.4) is 0 Å². The number of carbonyl (C=O) groups excluding carboxylic acids is 2. The van der Waals surface area contributed by atoms with Gasteiger partial charge in [-0.3, -0.25) is 19.8 Å². The van der Waals surface area contributed by atoms with Crippen molar-refractivity contribution in [3.8, 4) is 6.07 Å². The van der Waals surface area contributed by atoms with Gasteiger partial charge in [0.2, 0.25) is 17.7 Å². The van der Waals surface area contributed by atoms with E-state index < -0.39 is 0 Å². The van der Waals surface area contributed by atoms with E-state index in [2.05, 4.69) is 23.6 Å². The lowest BCUT2D eigenvalue weighted by Gasteiger charge is -2.30. The summed E-state index contributed by atoms with van der Waals surface area (Å²) in [5.41, 5.74) is 1.12. The third kappa shape index (κ3) is 5.83. The van der Waals surface area contributed by atoms with Crippen LogP contribution in [-0.4, -0.2) is 42.9 Å². The standard InChI is InChI=1S/C20H30N4O3/c1-4-5-6-9-22-19(26)16-7-10-24(11-8-16)13-18(25)23-20-17(12-21)14(2)15(3)27-20/h16H,4-11,13H2,1-3H3,(H,22,26)(H,23,25). The second-order valence-corrected chi connectivity index (χ2v) is 7.20. The van der Waals surface area contributed by atoms with E-state index in [0.29, 0.717) is 24.4 Å². The average Bonchev–Trinajstić information content (AvgIpc) is 2.92. The van der Waals surface area contributed by atoms with Gasteiger partial charge in [-0.25, -0.2) is 0 Å². The number of aryl methyl sites for hydroxylation is 1. The normalized spacial score (nSPS) is 15.3. The number of nitrogens with one attached hydrogen (secondary N) is 2. The number of unbranched alkanes of at least 4 members (excludes halogenated alkanes) is 2.